The summed E-state index contributed by atoms with van der Waals surface area (Å²) in [5.41, 5.74) is 2.80. The van der Waals surface area contributed by atoms with Gasteiger partial charge in [-0.3, -0.25) is 9.58 Å². The van der Waals surface area contributed by atoms with Gasteiger partial charge in [0.1, 0.15) is 0 Å². The van der Waals surface area contributed by atoms with Gasteiger partial charge < -0.3 is 0 Å². The van der Waals surface area contributed by atoms with E-state index in [2.05, 4.69) is 46.5 Å². The zero-order chi connectivity index (χ0) is 14.5. The molecular formula is C18H25N3. The fourth-order valence-electron chi connectivity index (χ4n) is 3.36. The van der Waals surface area contributed by atoms with Crippen molar-refractivity contribution in [2.24, 2.45) is 7.05 Å². The van der Waals surface area contributed by atoms with E-state index in [0.29, 0.717) is 0 Å². The number of nitrogens with zero attached hydrogens (tertiary/aromatic N) is 3. The van der Waals surface area contributed by atoms with Crippen LogP contribution < -0.4 is 0 Å². The van der Waals surface area contributed by atoms with Crippen molar-refractivity contribution in [3.8, 4) is 0 Å². The number of benzene rings is 1. The molecular weight excluding hydrogens is 258 g/mol. The molecule has 0 radical (unpaired) electrons. The van der Waals surface area contributed by atoms with E-state index in [4.69, 9.17) is 0 Å². The van der Waals surface area contributed by atoms with E-state index in [1.54, 1.807) is 0 Å². The maximum Gasteiger partial charge on any atom is 0.0534 e. The molecule has 21 heavy (non-hydrogen) atoms. The standard InChI is InChI=1S/C18H25N3/c1-20-14-17(13-19-20)15-21-12-6-5-9-18(21)11-10-16-7-3-2-4-8-16/h2-4,7-8,13-14,18H,5-6,9-12,15H2,1H3/t18-/m0/s1. The Bertz CT molecular complexity index is 547. The molecule has 2 heterocycles. The second-order valence-corrected chi connectivity index (χ2v) is 6.17. The van der Waals surface area contributed by atoms with Crippen molar-refractivity contribution < 1.29 is 0 Å². The molecule has 0 spiro atoms. The summed E-state index contributed by atoms with van der Waals surface area (Å²) in [6.07, 6.45) is 10.7. The smallest absolute Gasteiger partial charge is 0.0534 e. The van der Waals surface area contributed by atoms with Gasteiger partial charge in [-0.05, 0) is 37.8 Å². The van der Waals surface area contributed by atoms with Crippen LogP contribution in [0.1, 0.15) is 36.8 Å². The number of piperidine rings is 1. The summed E-state index contributed by atoms with van der Waals surface area (Å²) in [6, 6.07) is 11.6. The molecule has 1 aromatic heterocycles. The van der Waals surface area contributed by atoms with E-state index in [9.17, 15) is 0 Å². The second-order valence-electron chi connectivity index (χ2n) is 6.17. The highest BCUT2D eigenvalue weighted by molar-refractivity contribution is 5.15. The highest BCUT2D eigenvalue weighted by Crippen LogP contribution is 2.23. The minimum absolute atomic E-state index is 0.721. The maximum atomic E-state index is 4.29. The molecule has 2 aromatic rings. The first-order valence-electron chi connectivity index (χ1n) is 8.07. The van der Waals surface area contributed by atoms with Gasteiger partial charge in [0.2, 0.25) is 0 Å². The van der Waals surface area contributed by atoms with Crippen molar-refractivity contribution >= 4 is 0 Å². The molecule has 1 aromatic carbocycles. The summed E-state index contributed by atoms with van der Waals surface area (Å²) in [5, 5.41) is 4.29. The molecule has 1 saturated heterocycles. The predicted molar refractivity (Wildman–Crippen MR) is 86.0 cm³/mol. The predicted octanol–water partition coefficient (Wildman–Crippen LogP) is 3.41. The fraction of sp³-hybridized carbons (Fsp3) is 0.500. The highest BCUT2D eigenvalue weighted by atomic mass is 15.2. The molecule has 1 atom stereocenters. The van der Waals surface area contributed by atoms with Gasteiger partial charge in [0.15, 0.2) is 0 Å². The van der Waals surface area contributed by atoms with E-state index in [0.717, 1.165) is 12.6 Å². The Labute approximate surface area is 127 Å². The van der Waals surface area contributed by atoms with Crippen LogP contribution >= 0.6 is 0 Å². The number of hydrogen-bond acceptors (Lipinski definition) is 2. The van der Waals surface area contributed by atoms with Crippen molar-refractivity contribution in [1.82, 2.24) is 14.7 Å². The average molecular weight is 283 g/mol. The maximum absolute atomic E-state index is 4.29. The Morgan fingerprint density at radius 1 is 1.14 bits per heavy atom. The largest absolute Gasteiger partial charge is 0.296 e. The molecule has 0 N–H and O–H groups in total. The Balaban J connectivity index is 1.59. The first-order valence-corrected chi connectivity index (χ1v) is 8.07. The van der Waals surface area contributed by atoms with Crippen molar-refractivity contribution in [3.05, 3.63) is 53.9 Å². The SMILES string of the molecule is Cn1cc(CN2CCCC[C@H]2CCc2ccccc2)cn1. The third kappa shape index (κ3) is 3.94. The molecule has 3 heteroatoms. The van der Waals surface area contributed by atoms with Crippen LogP contribution in [0.2, 0.25) is 0 Å². The molecule has 0 bridgehead atoms. The topological polar surface area (TPSA) is 21.1 Å². The molecule has 1 aliphatic rings. The van der Waals surface area contributed by atoms with Crippen LogP contribution in [-0.4, -0.2) is 27.3 Å². The summed E-state index contributed by atoms with van der Waals surface area (Å²) in [7, 11) is 1.99. The highest BCUT2D eigenvalue weighted by Gasteiger charge is 2.22. The van der Waals surface area contributed by atoms with Crippen LogP contribution in [-0.2, 0) is 20.0 Å². The van der Waals surface area contributed by atoms with Gasteiger partial charge in [0, 0.05) is 31.4 Å². The lowest BCUT2D eigenvalue weighted by Crippen LogP contribution is -2.39. The summed E-state index contributed by atoms with van der Waals surface area (Å²) in [4.78, 5) is 2.66. The van der Waals surface area contributed by atoms with Crippen molar-refractivity contribution in [2.45, 2.75) is 44.7 Å². The lowest BCUT2D eigenvalue weighted by molar-refractivity contribution is 0.132. The Morgan fingerprint density at radius 2 is 2.00 bits per heavy atom. The van der Waals surface area contributed by atoms with Gasteiger partial charge in [-0.15, -0.1) is 0 Å². The number of rotatable bonds is 5. The van der Waals surface area contributed by atoms with E-state index < -0.39 is 0 Å². The fourth-order valence-corrected chi connectivity index (χ4v) is 3.36. The van der Waals surface area contributed by atoms with Gasteiger partial charge in [0.25, 0.3) is 0 Å². The molecule has 1 aliphatic heterocycles. The normalized spacial score (nSPS) is 19.8. The van der Waals surface area contributed by atoms with Crippen LogP contribution in [0.5, 0.6) is 0 Å². The van der Waals surface area contributed by atoms with Gasteiger partial charge in [0.05, 0.1) is 6.20 Å². The first kappa shape index (κ1) is 14.3. The lowest BCUT2D eigenvalue weighted by Gasteiger charge is -2.35. The van der Waals surface area contributed by atoms with Gasteiger partial charge in [-0.25, -0.2) is 0 Å². The molecule has 0 saturated carbocycles. The minimum atomic E-state index is 0.721. The van der Waals surface area contributed by atoms with Crippen LogP contribution in [0.15, 0.2) is 42.7 Å². The number of aromatic nitrogens is 2. The van der Waals surface area contributed by atoms with Gasteiger partial charge in [-0.1, -0.05) is 36.8 Å². The molecule has 112 valence electrons. The van der Waals surface area contributed by atoms with Crippen molar-refractivity contribution in [3.63, 3.8) is 0 Å². The first-order chi connectivity index (χ1) is 10.3. The molecule has 0 amide bonds. The number of likely N-dealkylation sites (tertiary alicyclic amines) is 1. The third-order valence-electron chi connectivity index (χ3n) is 4.50. The van der Waals surface area contributed by atoms with Crippen LogP contribution in [0.25, 0.3) is 0 Å². The summed E-state index contributed by atoms with van der Waals surface area (Å²) in [5.74, 6) is 0. The third-order valence-corrected chi connectivity index (χ3v) is 4.50. The number of hydrogen-bond donors (Lipinski definition) is 0. The van der Waals surface area contributed by atoms with Gasteiger partial charge >= 0.3 is 0 Å². The van der Waals surface area contributed by atoms with Crippen LogP contribution in [0.3, 0.4) is 0 Å². The molecule has 0 unspecified atom stereocenters. The average Bonchev–Trinajstić information content (AvgIpc) is 2.93. The summed E-state index contributed by atoms with van der Waals surface area (Å²) >= 11 is 0. The van der Waals surface area contributed by atoms with E-state index in [-0.39, 0.29) is 0 Å². The molecule has 3 rings (SSSR count). The molecule has 0 aliphatic carbocycles. The minimum Gasteiger partial charge on any atom is -0.296 e. The van der Waals surface area contributed by atoms with E-state index in [1.165, 1.54) is 49.8 Å². The Morgan fingerprint density at radius 3 is 2.76 bits per heavy atom. The van der Waals surface area contributed by atoms with Gasteiger partial charge in [-0.2, -0.15) is 5.10 Å². The lowest BCUT2D eigenvalue weighted by atomic mass is 9.95. The summed E-state index contributed by atoms with van der Waals surface area (Å²) in [6.45, 7) is 2.28. The molecule has 3 nitrogen and oxygen atoms in total. The quantitative estimate of drug-likeness (QED) is 0.838. The second kappa shape index (κ2) is 6.90. The van der Waals surface area contributed by atoms with Crippen molar-refractivity contribution in [1.29, 1.82) is 0 Å². The van der Waals surface area contributed by atoms with Crippen LogP contribution in [0, 0.1) is 0 Å². The zero-order valence-corrected chi connectivity index (χ0v) is 12.9. The van der Waals surface area contributed by atoms with Crippen LogP contribution in [0.4, 0.5) is 0 Å². The van der Waals surface area contributed by atoms with Crippen molar-refractivity contribution in [2.75, 3.05) is 6.54 Å². The summed E-state index contributed by atoms with van der Waals surface area (Å²) < 4.78 is 1.90. The Kier molecular flexibility index (Phi) is 4.71. The monoisotopic (exact) mass is 283 g/mol. The van der Waals surface area contributed by atoms with E-state index >= 15 is 0 Å². The Hall–Kier alpha value is -1.61. The molecule has 1 fully saturated rings. The zero-order valence-electron chi connectivity index (χ0n) is 12.9. The van der Waals surface area contributed by atoms with E-state index in [1.807, 2.05) is 17.9 Å². The number of aryl methyl sites for hydroxylation is 2.